The average molecular weight is 275 g/mol. The second kappa shape index (κ2) is 7.24. The number of guanidine groups is 1. The van der Waals surface area contributed by atoms with Crippen molar-refractivity contribution in [2.45, 2.75) is 52.1 Å². The van der Waals surface area contributed by atoms with Crippen molar-refractivity contribution in [1.82, 2.24) is 15.3 Å². The molecule has 5 nitrogen and oxygen atoms in total. The molecule has 1 aliphatic rings. The van der Waals surface area contributed by atoms with Crippen LogP contribution >= 0.6 is 0 Å². The quantitative estimate of drug-likeness (QED) is 0.381. The van der Waals surface area contributed by atoms with E-state index in [1.807, 2.05) is 25.1 Å². The second-order valence-corrected chi connectivity index (χ2v) is 5.32. The smallest absolute Gasteiger partial charge is 0.209 e. The number of nitrogens with two attached hydrogens (primary N) is 1. The molecule has 0 amide bonds. The molecule has 0 radical (unpaired) electrons. The van der Waals surface area contributed by atoms with E-state index in [0.717, 1.165) is 30.4 Å². The molecular weight excluding hydrogens is 250 g/mol. The highest BCUT2D eigenvalue weighted by molar-refractivity contribution is 5.79. The van der Waals surface area contributed by atoms with Gasteiger partial charge in [0.2, 0.25) is 5.96 Å². The number of nitrogens with zero attached hydrogens (tertiary/aromatic N) is 3. The summed E-state index contributed by atoms with van der Waals surface area (Å²) in [6, 6.07) is 6.50. The number of hydrogen-bond acceptors (Lipinski definition) is 3. The van der Waals surface area contributed by atoms with Gasteiger partial charge < -0.3 is 4.90 Å². The van der Waals surface area contributed by atoms with Gasteiger partial charge in [0.05, 0.1) is 18.3 Å². The van der Waals surface area contributed by atoms with Crippen LogP contribution in [0.25, 0.3) is 0 Å². The molecular formula is C15H25N5. The molecule has 1 aliphatic carbocycles. The van der Waals surface area contributed by atoms with Gasteiger partial charge in [-0.05, 0) is 38.8 Å². The number of aliphatic imine (C=N–C) groups is 1. The SMILES string of the molecule is CCN(Cc1cccc(C)n1)C(=NC1CCCC1)NN. The summed E-state index contributed by atoms with van der Waals surface area (Å²) in [7, 11) is 0. The minimum Gasteiger partial charge on any atom is -0.336 e. The van der Waals surface area contributed by atoms with Crippen LogP contribution in [0.2, 0.25) is 0 Å². The number of hydrogen-bond donors (Lipinski definition) is 2. The molecule has 1 saturated carbocycles. The fourth-order valence-electron chi connectivity index (χ4n) is 2.64. The summed E-state index contributed by atoms with van der Waals surface area (Å²) in [4.78, 5) is 11.4. The highest BCUT2D eigenvalue weighted by Gasteiger charge is 2.17. The molecule has 1 heterocycles. The Hall–Kier alpha value is -1.62. The first-order valence-corrected chi connectivity index (χ1v) is 7.44. The van der Waals surface area contributed by atoms with E-state index in [-0.39, 0.29) is 0 Å². The third-order valence-electron chi connectivity index (χ3n) is 3.74. The molecule has 0 unspecified atom stereocenters. The lowest BCUT2D eigenvalue weighted by Crippen LogP contribution is -2.45. The molecule has 0 aromatic carbocycles. The van der Waals surface area contributed by atoms with Crippen LogP contribution in [0.3, 0.4) is 0 Å². The fraction of sp³-hybridized carbons (Fsp3) is 0.600. The molecule has 2 rings (SSSR count). The largest absolute Gasteiger partial charge is 0.336 e. The van der Waals surface area contributed by atoms with Gasteiger partial charge in [-0.3, -0.25) is 10.4 Å². The topological polar surface area (TPSA) is 66.5 Å². The predicted octanol–water partition coefficient (Wildman–Crippen LogP) is 1.97. The maximum absolute atomic E-state index is 5.67. The lowest BCUT2D eigenvalue weighted by molar-refractivity contribution is 0.408. The molecule has 1 aromatic rings. The Morgan fingerprint density at radius 2 is 2.20 bits per heavy atom. The fourth-order valence-corrected chi connectivity index (χ4v) is 2.64. The Balaban J connectivity index is 2.08. The van der Waals surface area contributed by atoms with E-state index >= 15 is 0 Å². The van der Waals surface area contributed by atoms with Crippen LogP contribution in [0.1, 0.15) is 44.0 Å². The van der Waals surface area contributed by atoms with Gasteiger partial charge in [0.1, 0.15) is 0 Å². The number of nitrogens with one attached hydrogen (secondary N) is 1. The van der Waals surface area contributed by atoms with E-state index in [1.165, 1.54) is 25.7 Å². The molecule has 1 fully saturated rings. The number of pyridine rings is 1. The summed E-state index contributed by atoms with van der Waals surface area (Å²) in [5, 5.41) is 0. The summed E-state index contributed by atoms with van der Waals surface area (Å²) in [5.74, 6) is 6.45. The summed E-state index contributed by atoms with van der Waals surface area (Å²) < 4.78 is 0. The van der Waals surface area contributed by atoms with Crippen LogP contribution in [0.4, 0.5) is 0 Å². The average Bonchev–Trinajstić information content (AvgIpc) is 2.95. The van der Waals surface area contributed by atoms with E-state index in [0.29, 0.717) is 6.04 Å². The van der Waals surface area contributed by atoms with Crippen LogP contribution in [-0.2, 0) is 6.54 Å². The van der Waals surface area contributed by atoms with Crippen molar-refractivity contribution in [2.75, 3.05) is 6.54 Å². The normalized spacial score (nSPS) is 16.4. The van der Waals surface area contributed by atoms with Crippen LogP contribution < -0.4 is 11.3 Å². The van der Waals surface area contributed by atoms with Crippen LogP contribution in [0.15, 0.2) is 23.2 Å². The van der Waals surface area contributed by atoms with Gasteiger partial charge in [-0.25, -0.2) is 10.8 Å². The van der Waals surface area contributed by atoms with Gasteiger partial charge >= 0.3 is 0 Å². The van der Waals surface area contributed by atoms with Crippen molar-refractivity contribution in [2.24, 2.45) is 10.8 Å². The van der Waals surface area contributed by atoms with E-state index in [9.17, 15) is 0 Å². The van der Waals surface area contributed by atoms with Gasteiger partial charge in [-0.2, -0.15) is 0 Å². The Morgan fingerprint density at radius 3 is 2.80 bits per heavy atom. The Kier molecular flexibility index (Phi) is 5.35. The van der Waals surface area contributed by atoms with Crippen molar-refractivity contribution < 1.29 is 0 Å². The van der Waals surface area contributed by atoms with Gasteiger partial charge in [-0.1, -0.05) is 18.9 Å². The Labute approximate surface area is 121 Å². The third-order valence-corrected chi connectivity index (χ3v) is 3.74. The minimum absolute atomic E-state index is 0.417. The first-order valence-electron chi connectivity index (χ1n) is 7.44. The lowest BCUT2D eigenvalue weighted by Gasteiger charge is -2.24. The standard InChI is InChI=1S/C15H25N5/c1-3-20(11-14-10-6-7-12(2)17-14)15(19-16)18-13-8-4-5-9-13/h6-7,10,13H,3-5,8-9,11,16H2,1-2H3,(H,18,19). The summed E-state index contributed by atoms with van der Waals surface area (Å²) in [6.07, 6.45) is 4.89. The number of aromatic nitrogens is 1. The van der Waals surface area contributed by atoms with Crippen LogP contribution in [0, 0.1) is 6.92 Å². The van der Waals surface area contributed by atoms with Crippen molar-refractivity contribution in [3.8, 4) is 0 Å². The van der Waals surface area contributed by atoms with E-state index in [2.05, 4.69) is 22.2 Å². The van der Waals surface area contributed by atoms with E-state index in [4.69, 9.17) is 10.8 Å². The van der Waals surface area contributed by atoms with Crippen molar-refractivity contribution in [3.05, 3.63) is 29.6 Å². The van der Waals surface area contributed by atoms with Gasteiger partial charge in [0.25, 0.3) is 0 Å². The van der Waals surface area contributed by atoms with Crippen LogP contribution in [0.5, 0.6) is 0 Å². The molecule has 0 bridgehead atoms. The van der Waals surface area contributed by atoms with Gasteiger partial charge in [0, 0.05) is 12.2 Å². The first kappa shape index (κ1) is 14.8. The lowest BCUT2D eigenvalue weighted by atomic mass is 10.3. The van der Waals surface area contributed by atoms with Crippen molar-refractivity contribution in [1.29, 1.82) is 0 Å². The van der Waals surface area contributed by atoms with Crippen molar-refractivity contribution >= 4 is 5.96 Å². The maximum atomic E-state index is 5.67. The molecule has 20 heavy (non-hydrogen) atoms. The monoisotopic (exact) mass is 275 g/mol. The number of rotatable bonds is 4. The van der Waals surface area contributed by atoms with Gasteiger partial charge in [0.15, 0.2) is 0 Å². The highest BCUT2D eigenvalue weighted by Crippen LogP contribution is 2.21. The summed E-state index contributed by atoms with van der Waals surface area (Å²) in [6.45, 7) is 5.70. The molecule has 5 heteroatoms. The summed E-state index contributed by atoms with van der Waals surface area (Å²) in [5.41, 5.74) is 4.84. The zero-order valence-corrected chi connectivity index (χ0v) is 12.5. The molecule has 0 aliphatic heterocycles. The number of hydrazine groups is 1. The molecule has 0 atom stereocenters. The molecule has 1 aromatic heterocycles. The van der Waals surface area contributed by atoms with E-state index < -0.39 is 0 Å². The van der Waals surface area contributed by atoms with E-state index in [1.54, 1.807) is 0 Å². The predicted molar refractivity (Wildman–Crippen MR) is 82.1 cm³/mol. The molecule has 110 valence electrons. The minimum atomic E-state index is 0.417. The summed E-state index contributed by atoms with van der Waals surface area (Å²) >= 11 is 0. The Bertz CT molecular complexity index is 451. The molecule has 0 saturated heterocycles. The maximum Gasteiger partial charge on any atom is 0.209 e. The Morgan fingerprint density at radius 1 is 1.45 bits per heavy atom. The third kappa shape index (κ3) is 3.93. The molecule has 3 N–H and O–H groups in total. The zero-order valence-electron chi connectivity index (χ0n) is 12.5. The van der Waals surface area contributed by atoms with Gasteiger partial charge in [-0.15, -0.1) is 0 Å². The zero-order chi connectivity index (χ0) is 14.4. The van der Waals surface area contributed by atoms with Crippen molar-refractivity contribution in [3.63, 3.8) is 0 Å². The first-order chi connectivity index (χ1) is 9.72. The highest BCUT2D eigenvalue weighted by atomic mass is 15.4. The van der Waals surface area contributed by atoms with Crippen LogP contribution in [-0.4, -0.2) is 28.4 Å². The molecule has 0 spiro atoms. The second-order valence-electron chi connectivity index (χ2n) is 5.32. The number of aryl methyl sites for hydroxylation is 1.